The first-order chi connectivity index (χ1) is 5.24. The molecule has 0 aromatic carbocycles. The Labute approximate surface area is 65.3 Å². The molecule has 0 radical (unpaired) electrons. The van der Waals surface area contributed by atoms with Gasteiger partial charge in [0.15, 0.2) is 0 Å². The first-order valence-corrected chi connectivity index (χ1v) is 3.64. The lowest BCUT2D eigenvalue weighted by Crippen LogP contribution is -1.98. The molecular formula is C8H11FN2. The fourth-order valence-electron chi connectivity index (χ4n) is 0.961. The largest absolute Gasteiger partial charge is 0.383 e. The zero-order chi connectivity index (χ0) is 8.27. The Balaban J connectivity index is 2.93. The van der Waals surface area contributed by atoms with Crippen molar-refractivity contribution in [3.63, 3.8) is 0 Å². The summed E-state index contributed by atoms with van der Waals surface area (Å²) in [5.41, 5.74) is 6.30. The average molecular weight is 154 g/mol. The number of anilines is 1. The van der Waals surface area contributed by atoms with Crippen LogP contribution in [0, 0.1) is 5.82 Å². The topological polar surface area (TPSA) is 38.9 Å². The lowest BCUT2D eigenvalue weighted by molar-refractivity contribution is 0.618. The van der Waals surface area contributed by atoms with Gasteiger partial charge in [0.1, 0.15) is 11.6 Å². The number of nitrogens with zero attached hydrogens (tertiary/aromatic N) is 1. The van der Waals surface area contributed by atoms with Gasteiger partial charge in [-0.05, 0) is 18.1 Å². The predicted molar refractivity (Wildman–Crippen MR) is 42.6 cm³/mol. The van der Waals surface area contributed by atoms with Gasteiger partial charge in [-0.15, -0.1) is 0 Å². The molecule has 0 fully saturated rings. The molecular weight excluding hydrogens is 143 g/mol. The Morgan fingerprint density at radius 3 is 3.00 bits per heavy atom. The van der Waals surface area contributed by atoms with Gasteiger partial charge in [0.2, 0.25) is 0 Å². The van der Waals surface area contributed by atoms with Crippen molar-refractivity contribution >= 4 is 5.82 Å². The molecule has 0 saturated carbocycles. The van der Waals surface area contributed by atoms with Gasteiger partial charge in [-0.3, -0.25) is 0 Å². The van der Waals surface area contributed by atoms with Crippen LogP contribution in [-0.2, 0) is 6.42 Å². The average Bonchev–Trinajstić information content (AvgIpc) is 1.98. The maximum atomic E-state index is 12.6. The molecule has 0 amide bonds. The summed E-state index contributed by atoms with van der Waals surface area (Å²) in [4.78, 5) is 3.70. The van der Waals surface area contributed by atoms with E-state index in [1.165, 1.54) is 6.07 Å². The Morgan fingerprint density at radius 2 is 2.36 bits per heavy atom. The first kappa shape index (κ1) is 7.98. The van der Waals surface area contributed by atoms with Crippen molar-refractivity contribution in [3.05, 3.63) is 23.6 Å². The van der Waals surface area contributed by atoms with E-state index in [9.17, 15) is 4.39 Å². The number of nitrogen functional groups attached to an aromatic ring is 1. The molecule has 0 aliphatic carbocycles. The summed E-state index contributed by atoms with van der Waals surface area (Å²) >= 11 is 0. The zero-order valence-electron chi connectivity index (χ0n) is 6.47. The van der Waals surface area contributed by atoms with E-state index < -0.39 is 0 Å². The van der Waals surface area contributed by atoms with Gasteiger partial charge in [-0.1, -0.05) is 13.3 Å². The highest BCUT2D eigenvalue weighted by molar-refractivity contribution is 5.38. The normalized spacial score (nSPS) is 10.0. The van der Waals surface area contributed by atoms with E-state index in [4.69, 9.17) is 5.73 Å². The third-order valence-electron chi connectivity index (χ3n) is 1.49. The Hall–Kier alpha value is -1.12. The minimum absolute atomic E-state index is 0.317. The molecule has 1 rings (SSSR count). The van der Waals surface area contributed by atoms with Crippen LogP contribution in [0.25, 0.3) is 0 Å². The molecule has 0 unspecified atom stereocenters. The smallest absolute Gasteiger partial charge is 0.141 e. The van der Waals surface area contributed by atoms with Crippen LogP contribution in [0.2, 0.25) is 0 Å². The quantitative estimate of drug-likeness (QED) is 0.704. The highest BCUT2D eigenvalue weighted by atomic mass is 19.1. The van der Waals surface area contributed by atoms with Gasteiger partial charge < -0.3 is 5.73 Å². The van der Waals surface area contributed by atoms with E-state index in [0.717, 1.165) is 24.6 Å². The second-order valence-electron chi connectivity index (χ2n) is 2.45. The summed E-state index contributed by atoms with van der Waals surface area (Å²) in [6.07, 6.45) is 2.88. The molecule has 0 atom stereocenters. The number of hydrogen-bond acceptors (Lipinski definition) is 2. The summed E-state index contributed by atoms with van der Waals surface area (Å²) in [5.74, 6) is 0.121. The summed E-state index contributed by atoms with van der Waals surface area (Å²) in [5, 5.41) is 0. The van der Waals surface area contributed by atoms with Crippen LogP contribution in [0.3, 0.4) is 0 Å². The number of hydrogen-bond donors (Lipinski definition) is 1. The van der Waals surface area contributed by atoms with Gasteiger partial charge >= 0.3 is 0 Å². The number of rotatable bonds is 2. The molecule has 0 spiro atoms. The van der Waals surface area contributed by atoms with Crippen molar-refractivity contribution in [1.29, 1.82) is 0 Å². The predicted octanol–water partition coefficient (Wildman–Crippen LogP) is 1.76. The Kier molecular flexibility index (Phi) is 2.41. The molecule has 0 bridgehead atoms. The van der Waals surface area contributed by atoms with E-state index >= 15 is 0 Å². The van der Waals surface area contributed by atoms with Gasteiger partial charge in [0, 0.05) is 0 Å². The molecule has 3 heteroatoms. The highest BCUT2D eigenvalue weighted by Gasteiger charge is 2.00. The summed E-state index contributed by atoms with van der Waals surface area (Å²) in [6.45, 7) is 2.02. The number of aryl methyl sites for hydroxylation is 1. The molecule has 2 N–H and O–H groups in total. The lowest BCUT2D eigenvalue weighted by Gasteiger charge is -2.01. The minimum Gasteiger partial charge on any atom is -0.383 e. The van der Waals surface area contributed by atoms with Crippen LogP contribution in [0.5, 0.6) is 0 Å². The fourth-order valence-corrected chi connectivity index (χ4v) is 0.961. The standard InChI is InChI=1S/C8H11FN2/c1-2-3-6-4-7(9)5-11-8(6)10/h4-5H,2-3H2,1H3,(H2,10,11). The molecule has 2 nitrogen and oxygen atoms in total. The third kappa shape index (κ3) is 1.90. The second kappa shape index (κ2) is 3.32. The molecule has 0 aliphatic rings. The van der Waals surface area contributed by atoms with Crippen molar-refractivity contribution in [2.45, 2.75) is 19.8 Å². The van der Waals surface area contributed by atoms with Crippen LogP contribution in [0.4, 0.5) is 10.2 Å². The monoisotopic (exact) mass is 154 g/mol. The molecule has 60 valence electrons. The molecule has 1 aromatic rings. The molecule has 1 aromatic heterocycles. The van der Waals surface area contributed by atoms with Crippen LogP contribution < -0.4 is 5.73 Å². The fraction of sp³-hybridized carbons (Fsp3) is 0.375. The van der Waals surface area contributed by atoms with Crippen molar-refractivity contribution in [2.75, 3.05) is 5.73 Å². The van der Waals surface area contributed by atoms with Crippen molar-refractivity contribution in [2.24, 2.45) is 0 Å². The van der Waals surface area contributed by atoms with E-state index in [0.29, 0.717) is 5.82 Å². The van der Waals surface area contributed by atoms with Gasteiger partial charge in [0.05, 0.1) is 6.20 Å². The van der Waals surface area contributed by atoms with Crippen molar-refractivity contribution < 1.29 is 4.39 Å². The zero-order valence-corrected chi connectivity index (χ0v) is 6.47. The Bertz CT molecular complexity index is 248. The van der Waals surface area contributed by atoms with Crippen LogP contribution >= 0.6 is 0 Å². The number of nitrogens with two attached hydrogens (primary N) is 1. The van der Waals surface area contributed by atoms with E-state index in [1.807, 2.05) is 6.92 Å². The van der Waals surface area contributed by atoms with Gasteiger partial charge in [-0.2, -0.15) is 0 Å². The van der Waals surface area contributed by atoms with Gasteiger partial charge in [-0.25, -0.2) is 9.37 Å². The third-order valence-corrected chi connectivity index (χ3v) is 1.49. The number of pyridine rings is 1. The SMILES string of the molecule is CCCc1cc(F)cnc1N. The number of halogens is 1. The summed E-state index contributed by atoms with van der Waals surface area (Å²) in [7, 11) is 0. The second-order valence-corrected chi connectivity index (χ2v) is 2.45. The maximum Gasteiger partial charge on any atom is 0.141 e. The van der Waals surface area contributed by atoms with E-state index in [2.05, 4.69) is 4.98 Å². The van der Waals surface area contributed by atoms with Crippen LogP contribution in [0.15, 0.2) is 12.3 Å². The molecule has 0 saturated heterocycles. The highest BCUT2D eigenvalue weighted by Crippen LogP contribution is 2.11. The van der Waals surface area contributed by atoms with E-state index in [-0.39, 0.29) is 5.82 Å². The first-order valence-electron chi connectivity index (χ1n) is 3.64. The van der Waals surface area contributed by atoms with Crippen molar-refractivity contribution in [1.82, 2.24) is 4.98 Å². The summed E-state index contributed by atoms with van der Waals surface area (Å²) < 4.78 is 12.6. The summed E-state index contributed by atoms with van der Waals surface area (Å²) in [6, 6.07) is 1.44. The lowest BCUT2D eigenvalue weighted by atomic mass is 10.1. The van der Waals surface area contributed by atoms with Crippen LogP contribution in [-0.4, -0.2) is 4.98 Å². The van der Waals surface area contributed by atoms with Crippen LogP contribution in [0.1, 0.15) is 18.9 Å². The van der Waals surface area contributed by atoms with Crippen molar-refractivity contribution in [3.8, 4) is 0 Å². The maximum absolute atomic E-state index is 12.6. The molecule has 0 aliphatic heterocycles. The minimum atomic E-state index is -0.317. The molecule has 11 heavy (non-hydrogen) atoms. The van der Waals surface area contributed by atoms with E-state index in [1.54, 1.807) is 0 Å². The van der Waals surface area contributed by atoms with Gasteiger partial charge in [0.25, 0.3) is 0 Å². The molecule has 1 heterocycles. The Morgan fingerprint density at radius 1 is 1.64 bits per heavy atom. The number of aromatic nitrogens is 1.